The van der Waals surface area contributed by atoms with E-state index >= 15 is 0 Å². The first-order valence-corrected chi connectivity index (χ1v) is 11.2. The van der Waals surface area contributed by atoms with Crippen LogP contribution in [0.1, 0.15) is 44.3 Å². The first kappa shape index (κ1) is 21.7. The number of para-hydroxylation sites is 1. The van der Waals surface area contributed by atoms with Crippen molar-refractivity contribution in [1.82, 2.24) is 0 Å². The molecule has 0 spiro atoms. The molecule has 5 heteroatoms. The zero-order chi connectivity index (χ0) is 21.5. The van der Waals surface area contributed by atoms with Gasteiger partial charge < -0.3 is 10.0 Å². The summed E-state index contributed by atoms with van der Waals surface area (Å²) < 4.78 is 0. The van der Waals surface area contributed by atoms with Crippen molar-refractivity contribution in [3.05, 3.63) is 101 Å². The number of aryl methyl sites for hydroxylation is 1. The molecule has 3 aromatic carbocycles. The summed E-state index contributed by atoms with van der Waals surface area (Å²) in [5, 5.41) is 9.32. The number of carboxylic acid groups (broad SMARTS) is 1. The largest absolute Gasteiger partial charge is 0.478 e. The third-order valence-electron chi connectivity index (χ3n) is 4.93. The van der Waals surface area contributed by atoms with E-state index in [-0.39, 0.29) is 11.5 Å². The molecule has 1 amide bonds. The Morgan fingerprint density at radius 3 is 2.30 bits per heavy atom. The van der Waals surface area contributed by atoms with Gasteiger partial charge in [0.05, 0.1) is 12.1 Å². The van der Waals surface area contributed by atoms with Crippen LogP contribution >= 0.6 is 11.8 Å². The number of carboxylic acids is 1. The monoisotopic (exact) mass is 419 g/mol. The Morgan fingerprint density at radius 1 is 0.900 bits per heavy atom. The van der Waals surface area contributed by atoms with E-state index in [0.29, 0.717) is 12.1 Å². The average molecular weight is 420 g/mol. The van der Waals surface area contributed by atoms with E-state index in [2.05, 4.69) is 6.92 Å². The summed E-state index contributed by atoms with van der Waals surface area (Å²) in [5.74, 6) is -0.181. The van der Waals surface area contributed by atoms with E-state index in [1.165, 1.54) is 5.56 Å². The maximum absolute atomic E-state index is 13.5. The molecule has 0 saturated carbocycles. The lowest BCUT2D eigenvalue weighted by Crippen LogP contribution is -2.31. The molecule has 0 bridgehead atoms. The van der Waals surface area contributed by atoms with Gasteiger partial charge in [-0.05, 0) is 59.7 Å². The van der Waals surface area contributed by atoms with E-state index in [9.17, 15) is 14.7 Å². The number of amides is 1. The number of carbonyl (C=O) groups is 2. The van der Waals surface area contributed by atoms with Gasteiger partial charge in [-0.1, -0.05) is 49.4 Å². The first-order chi connectivity index (χ1) is 14.5. The molecule has 1 N–H and O–H groups in total. The molecule has 0 aliphatic heterocycles. The van der Waals surface area contributed by atoms with Crippen LogP contribution in [0, 0.1) is 0 Å². The Bertz CT molecular complexity index is 1030. The lowest BCUT2D eigenvalue weighted by Gasteiger charge is -2.26. The highest BCUT2D eigenvalue weighted by Crippen LogP contribution is 2.26. The molecular weight excluding hydrogens is 394 g/mol. The van der Waals surface area contributed by atoms with Gasteiger partial charge in [0.25, 0.3) is 5.91 Å². The standard InChI is InChI=1S/C25H25NO3S/c1-3-20-8-4-5-10-23(20)26(16-19-7-6-9-22(15-19)25(28)29)24(27)21-13-11-18(12-14-21)17-30-2/h4-15H,3,16-17H2,1-2H3,(H,28,29). The van der Waals surface area contributed by atoms with Crippen molar-refractivity contribution in [2.75, 3.05) is 11.2 Å². The number of anilines is 1. The molecule has 0 unspecified atom stereocenters. The van der Waals surface area contributed by atoms with Crippen molar-refractivity contribution in [3.8, 4) is 0 Å². The van der Waals surface area contributed by atoms with Gasteiger partial charge in [0, 0.05) is 17.0 Å². The van der Waals surface area contributed by atoms with Crippen LogP contribution in [0.2, 0.25) is 0 Å². The van der Waals surface area contributed by atoms with Crippen LogP contribution in [-0.2, 0) is 18.7 Å². The predicted octanol–water partition coefficient (Wildman–Crippen LogP) is 5.66. The highest BCUT2D eigenvalue weighted by Gasteiger charge is 2.21. The number of carbonyl (C=O) groups excluding carboxylic acids is 1. The highest BCUT2D eigenvalue weighted by molar-refractivity contribution is 7.97. The maximum atomic E-state index is 13.5. The van der Waals surface area contributed by atoms with Crippen LogP contribution in [0.4, 0.5) is 5.69 Å². The van der Waals surface area contributed by atoms with Crippen molar-refractivity contribution in [2.24, 2.45) is 0 Å². The first-order valence-electron chi connectivity index (χ1n) is 9.83. The molecule has 0 atom stereocenters. The predicted molar refractivity (Wildman–Crippen MR) is 123 cm³/mol. The number of rotatable bonds is 8. The quantitative estimate of drug-likeness (QED) is 0.512. The van der Waals surface area contributed by atoms with Crippen LogP contribution in [0.15, 0.2) is 72.8 Å². The van der Waals surface area contributed by atoms with E-state index < -0.39 is 5.97 Å². The Hall–Kier alpha value is -3.05. The molecule has 4 nitrogen and oxygen atoms in total. The molecule has 3 rings (SSSR count). The molecular formula is C25H25NO3S. The van der Waals surface area contributed by atoms with Gasteiger partial charge in [0.15, 0.2) is 0 Å². The minimum atomic E-state index is -0.979. The number of hydrogen-bond donors (Lipinski definition) is 1. The minimum absolute atomic E-state index is 0.104. The lowest BCUT2D eigenvalue weighted by molar-refractivity contribution is 0.0696. The van der Waals surface area contributed by atoms with Gasteiger partial charge in [-0.25, -0.2) is 4.79 Å². The van der Waals surface area contributed by atoms with Crippen LogP contribution < -0.4 is 4.90 Å². The van der Waals surface area contributed by atoms with E-state index in [1.54, 1.807) is 34.9 Å². The number of thioether (sulfide) groups is 1. The Labute approximate surface area is 181 Å². The number of benzene rings is 3. The van der Waals surface area contributed by atoms with E-state index in [4.69, 9.17) is 0 Å². The second-order valence-electron chi connectivity index (χ2n) is 7.01. The van der Waals surface area contributed by atoms with Gasteiger partial charge in [0.1, 0.15) is 0 Å². The van der Waals surface area contributed by atoms with Crippen molar-refractivity contribution in [1.29, 1.82) is 0 Å². The summed E-state index contributed by atoms with van der Waals surface area (Å²) in [6.45, 7) is 2.35. The van der Waals surface area contributed by atoms with Gasteiger partial charge >= 0.3 is 5.97 Å². The second kappa shape index (κ2) is 10.1. The second-order valence-corrected chi connectivity index (χ2v) is 7.88. The van der Waals surface area contributed by atoms with Gasteiger partial charge in [0.2, 0.25) is 0 Å². The fraction of sp³-hybridized carbons (Fsp3) is 0.200. The fourth-order valence-electron chi connectivity index (χ4n) is 3.39. The highest BCUT2D eigenvalue weighted by atomic mass is 32.2. The third-order valence-corrected chi connectivity index (χ3v) is 5.56. The van der Waals surface area contributed by atoms with Gasteiger partial charge in [-0.3, -0.25) is 4.79 Å². The molecule has 0 aromatic heterocycles. The van der Waals surface area contributed by atoms with E-state index in [0.717, 1.165) is 29.0 Å². The molecule has 0 heterocycles. The summed E-state index contributed by atoms with van der Waals surface area (Å²) in [5.41, 5.74) is 4.69. The summed E-state index contributed by atoms with van der Waals surface area (Å²) in [6.07, 6.45) is 2.84. The van der Waals surface area contributed by atoms with Crippen LogP contribution in [0.25, 0.3) is 0 Å². The Kier molecular flexibility index (Phi) is 7.31. The fourth-order valence-corrected chi connectivity index (χ4v) is 3.92. The summed E-state index contributed by atoms with van der Waals surface area (Å²) in [6, 6.07) is 22.3. The molecule has 0 radical (unpaired) electrons. The van der Waals surface area contributed by atoms with Crippen molar-refractivity contribution in [3.63, 3.8) is 0 Å². The van der Waals surface area contributed by atoms with Crippen LogP contribution in [0.3, 0.4) is 0 Å². The summed E-state index contributed by atoms with van der Waals surface area (Å²) in [7, 11) is 0. The van der Waals surface area contributed by atoms with Crippen molar-refractivity contribution >= 4 is 29.3 Å². The van der Waals surface area contributed by atoms with Gasteiger partial charge in [-0.15, -0.1) is 0 Å². The molecule has 0 saturated heterocycles. The molecule has 154 valence electrons. The lowest BCUT2D eigenvalue weighted by atomic mass is 10.0. The normalized spacial score (nSPS) is 10.6. The maximum Gasteiger partial charge on any atom is 0.335 e. The number of aromatic carboxylic acids is 1. The smallest absolute Gasteiger partial charge is 0.335 e. The van der Waals surface area contributed by atoms with E-state index in [1.807, 2.05) is 60.9 Å². The minimum Gasteiger partial charge on any atom is -0.478 e. The topological polar surface area (TPSA) is 57.6 Å². The van der Waals surface area contributed by atoms with Crippen molar-refractivity contribution < 1.29 is 14.7 Å². The Balaban J connectivity index is 2.00. The number of hydrogen-bond acceptors (Lipinski definition) is 3. The zero-order valence-corrected chi connectivity index (χ0v) is 18.0. The van der Waals surface area contributed by atoms with Gasteiger partial charge in [-0.2, -0.15) is 11.8 Å². The number of nitrogens with zero attached hydrogens (tertiary/aromatic N) is 1. The third kappa shape index (κ3) is 5.10. The van der Waals surface area contributed by atoms with Crippen LogP contribution in [0.5, 0.6) is 0 Å². The summed E-state index contributed by atoms with van der Waals surface area (Å²) in [4.78, 5) is 26.6. The summed E-state index contributed by atoms with van der Waals surface area (Å²) >= 11 is 1.74. The SMILES string of the molecule is CCc1ccccc1N(Cc1cccc(C(=O)O)c1)C(=O)c1ccc(CSC)cc1. The molecule has 0 aliphatic carbocycles. The molecule has 0 aliphatic rings. The molecule has 30 heavy (non-hydrogen) atoms. The average Bonchev–Trinajstić information content (AvgIpc) is 2.78. The van der Waals surface area contributed by atoms with Crippen molar-refractivity contribution in [2.45, 2.75) is 25.6 Å². The Morgan fingerprint density at radius 2 is 1.63 bits per heavy atom. The molecule has 3 aromatic rings. The molecule has 0 fully saturated rings. The zero-order valence-electron chi connectivity index (χ0n) is 17.2. The van der Waals surface area contributed by atoms with Crippen LogP contribution in [-0.4, -0.2) is 23.2 Å².